The number of hydrogen-bond donors (Lipinski definition) is 2. The second-order valence-electron chi connectivity index (χ2n) is 18.6. The van der Waals surface area contributed by atoms with E-state index in [1.165, 1.54) is 17.0 Å². The molecule has 8 rings (SSSR count). The molecule has 1 saturated heterocycles. The first-order valence-electron chi connectivity index (χ1n) is 25.4. The molecular formula is C57H69FN2O10S. The van der Waals surface area contributed by atoms with Gasteiger partial charge in [-0.1, -0.05) is 90.8 Å². The molecule has 0 bridgehead atoms. The first-order valence-corrected chi connectivity index (χ1v) is 26.3. The van der Waals surface area contributed by atoms with Gasteiger partial charge in [0.15, 0.2) is 0 Å². The summed E-state index contributed by atoms with van der Waals surface area (Å²) >= 11 is 1.73. The maximum absolute atomic E-state index is 15.0. The standard InChI is InChI=1S/C57H69FN2O10S/c1-2-30-68-57-52(60(39-41-22-24-44(58)25-23-41)56(63)67-33-32-64-40-42-15-5-3-6-16-42)38-50(59-70-53-21-11-14-31-66-53)48-36-43(17-9-12-28-61)47(20-10-13-29-62)54(55(48)57)49-37-45(26-27-51(49)69-57)65-34-35-71-46-18-7-4-8-19-46/h2-8,15-16,18-19,22-27,36-37,43,47,52-55,61-62H,1,9-14,17,20-21,28-35,38-40H2. The molecule has 4 aromatic carbocycles. The van der Waals surface area contributed by atoms with Crippen molar-refractivity contribution in [2.24, 2.45) is 22.9 Å². The first-order chi connectivity index (χ1) is 34.9. The van der Waals surface area contributed by atoms with E-state index in [4.69, 9.17) is 38.4 Å². The van der Waals surface area contributed by atoms with Crippen molar-refractivity contribution < 1.29 is 52.7 Å². The van der Waals surface area contributed by atoms with E-state index in [9.17, 15) is 14.6 Å². The van der Waals surface area contributed by atoms with Crippen LogP contribution in [0.2, 0.25) is 0 Å². The predicted octanol–water partition coefficient (Wildman–Crippen LogP) is 11.0. The van der Waals surface area contributed by atoms with Crippen LogP contribution in [0.25, 0.3) is 0 Å². The van der Waals surface area contributed by atoms with E-state index in [-0.39, 0.29) is 63.8 Å². The zero-order valence-electron chi connectivity index (χ0n) is 40.6. The van der Waals surface area contributed by atoms with Crippen molar-refractivity contribution in [3.63, 3.8) is 0 Å². The molecule has 2 aliphatic heterocycles. The average Bonchev–Trinajstić information content (AvgIpc) is 3.40. The van der Waals surface area contributed by atoms with Crippen LogP contribution in [0.15, 0.2) is 137 Å². The molecule has 0 radical (unpaired) electrons. The molecule has 1 amide bonds. The monoisotopic (exact) mass is 992 g/mol. The Morgan fingerprint density at radius 3 is 2.42 bits per heavy atom. The zero-order chi connectivity index (χ0) is 49.3. The van der Waals surface area contributed by atoms with E-state index in [1.54, 1.807) is 34.9 Å². The van der Waals surface area contributed by atoms with Crippen molar-refractivity contribution >= 4 is 23.6 Å². The summed E-state index contributed by atoms with van der Waals surface area (Å²) in [5.41, 5.74) is 4.16. The van der Waals surface area contributed by atoms with Crippen LogP contribution in [0, 0.1) is 23.6 Å². The Morgan fingerprint density at radius 1 is 0.901 bits per heavy atom. The number of oxime groups is 1. The van der Waals surface area contributed by atoms with Crippen molar-refractivity contribution in [3.05, 3.63) is 150 Å². The zero-order valence-corrected chi connectivity index (χ0v) is 41.4. The summed E-state index contributed by atoms with van der Waals surface area (Å²) in [5, 5.41) is 25.1. The Morgan fingerprint density at radius 2 is 1.68 bits per heavy atom. The molecule has 380 valence electrons. The summed E-state index contributed by atoms with van der Waals surface area (Å²) in [5.74, 6) is -0.661. The van der Waals surface area contributed by atoms with Gasteiger partial charge < -0.3 is 43.5 Å². The highest BCUT2D eigenvalue weighted by Gasteiger charge is 2.66. The number of ether oxygens (including phenoxy) is 6. The molecule has 2 heterocycles. The van der Waals surface area contributed by atoms with Gasteiger partial charge in [0.25, 0.3) is 0 Å². The molecule has 2 N–H and O–H groups in total. The van der Waals surface area contributed by atoms with Gasteiger partial charge in [-0.3, -0.25) is 4.90 Å². The van der Waals surface area contributed by atoms with E-state index in [0.717, 1.165) is 61.0 Å². The number of hydrogen-bond acceptors (Lipinski definition) is 12. The summed E-state index contributed by atoms with van der Waals surface area (Å²) < 4.78 is 53.7. The number of carbonyl (C=O) groups excluding carboxylic acids is 1. The molecule has 2 aliphatic carbocycles. The lowest BCUT2D eigenvalue weighted by Crippen LogP contribution is -2.70. The fraction of sp³-hybridized carbons (Fsp3) is 0.474. The molecule has 4 aromatic rings. The third-order valence-electron chi connectivity index (χ3n) is 13.9. The Labute approximate surface area is 422 Å². The quantitative estimate of drug-likeness (QED) is 0.0269. The smallest absolute Gasteiger partial charge is 0.410 e. The molecule has 0 spiro atoms. The van der Waals surface area contributed by atoms with Gasteiger partial charge >= 0.3 is 6.09 Å². The topological polar surface area (TPSA) is 138 Å². The van der Waals surface area contributed by atoms with Gasteiger partial charge in [0.2, 0.25) is 12.1 Å². The SMILES string of the molecule is C=CCOC12Oc3ccc(OCCSc4ccccc4)cc3C3C(CCCCO)C(CCCCO)C=C(C(=NOC4CCCCO4)CC1N(Cc1ccc(F)cc1)C(=O)OCCOCc1ccccc1)C32. The second kappa shape index (κ2) is 26.5. The molecule has 7 unspecified atom stereocenters. The normalized spacial score (nSPS) is 23.9. The minimum atomic E-state index is -1.54. The van der Waals surface area contributed by atoms with E-state index in [2.05, 4.69) is 30.9 Å². The summed E-state index contributed by atoms with van der Waals surface area (Å²) in [7, 11) is 0. The third-order valence-corrected chi connectivity index (χ3v) is 14.8. The molecule has 0 aromatic heterocycles. The van der Waals surface area contributed by atoms with Crippen LogP contribution < -0.4 is 9.47 Å². The van der Waals surface area contributed by atoms with Crippen LogP contribution in [0.5, 0.6) is 11.5 Å². The molecule has 71 heavy (non-hydrogen) atoms. The fourth-order valence-electron chi connectivity index (χ4n) is 10.6. The summed E-state index contributed by atoms with van der Waals surface area (Å²) in [6.45, 7) is 5.86. The fourth-order valence-corrected chi connectivity index (χ4v) is 11.4. The van der Waals surface area contributed by atoms with Gasteiger partial charge in [-0.15, -0.1) is 18.3 Å². The number of halogens is 1. The van der Waals surface area contributed by atoms with Gasteiger partial charge in [-0.25, -0.2) is 9.18 Å². The average molecular weight is 993 g/mol. The maximum atomic E-state index is 15.0. The number of benzene rings is 4. The molecule has 12 nitrogen and oxygen atoms in total. The van der Waals surface area contributed by atoms with Crippen LogP contribution in [-0.2, 0) is 36.9 Å². The van der Waals surface area contributed by atoms with Crippen LogP contribution in [0.4, 0.5) is 9.18 Å². The van der Waals surface area contributed by atoms with Gasteiger partial charge in [0.1, 0.15) is 30.0 Å². The Kier molecular flexibility index (Phi) is 19.4. The molecule has 4 aliphatic rings. The number of aliphatic hydroxyl groups excluding tert-OH is 2. The molecular weight excluding hydrogens is 924 g/mol. The number of aliphatic hydroxyl groups is 2. The van der Waals surface area contributed by atoms with Crippen LogP contribution in [0.1, 0.15) is 86.8 Å². The van der Waals surface area contributed by atoms with Gasteiger partial charge in [0, 0.05) is 54.7 Å². The van der Waals surface area contributed by atoms with E-state index in [0.29, 0.717) is 61.9 Å². The molecule has 2 fully saturated rings. The van der Waals surface area contributed by atoms with E-state index >= 15 is 4.79 Å². The van der Waals surface area contributed by atoms with Crippen molar-refractivity contribution in [2.45, 2.75) is 106 Å². The number of rotatable bonds is 26. The number of carbonyl (C=O) groups is 1. The van der Waals surface area contributed by atoms with Crippen LogP contribution >= 0.6 is 11.8 Å². The van der Waals surface area contributed by atoms with Crippen molar-refractivity contribution in [2.75, 3.05) is 52.0 Å². The van der Waals surface area contributed by atoms with Crippen molar-refractivity contribution in [3.8, 4) is 11.5 Å². The molecule has 1 saturated carbocycles. The minimum Gasteiger partial charge on any atom is -0.493 e. The Balaban J connectivity index is 1.23. The lowest BCUT2D eigenvalue weighted by molar-refractivity contribution is -0.256. The third kappa shape index (κ3) is 13.4. The Hall–Kier alpha value is -5.22. The first kappa shape index (κ1) is 52.1. The lowest BCUT2D eigenvalue weighted by atomic mass is 9.55. The van der Waals surface area contributed by atoms with Gasteiger partial charge in [-0.2, -0.15) is 0 Å². The predicted molar refractivity (Wildman–Crippen MR) is 272 cm³/mol. The number of amides is 1. The summed E-state index contributed by atoms with van der Waals surface area (Å²) in [6, 6.07) is 31.2. The van der Waals surface area contributed by atoms with Crippen LogP contribution in [0.3, 0.4) is 0 Å². The van der Waals surface area contributed by atoms with Crippen molar-refractivity contribution in [1.82, 2.24) is 4.90 Å². The number of thioether (sulfide) groups is 1. The largest absolute Gasteiger partial charge is 0.493 e. The Bertz CT molecular complexity index is 2350. The van der Waals surface area contributed by atoms with E-state index in [1.807, 2.05) is 60.7 Å². The highest BCUT2D eigenvalue weighted by atomic mass is 32.2. The maximum Gasteiger partial charge on any atom is 0.410 e. The number of fused-ring (bicyclic) bond motifs is 2. The molecule has 14 heteroatoms. The van der Waals surface area contributed by atoms with E-state index < -0.39 is 35.9 Å². The number of allylic oxidation sites excluding steroid dienone is 1. The number of nitrogens with zero attached hydrogens (tertiary/aromatic N) is 2. The van der Waals surface area contributed by atoms with Gasteiger partial charge in [-0.05, 0) is 110 Å². The second-order valence-corrected chi connectivity index (χ2v) is 19.8. The lowest BCUT2D eigenvalue weighted by Gasteiger charge is -2.60. The highest BCUT2D eigenvalue weighted by molar-refractivity contribution is 7.99. The van der Waals surface area contributed by atoms with Gasteiger partial charge in [0.05, 0.1) is 44.7 Å². The minimum absolute atomic E-state index is 0.00842. The summed E-state index contributed by atoms with van der Waals surface area (Å²) in [4.78, 5) is 24.1. The number of unbranched alkanes of at least 4 members (excludes halogenated alkanes) is 2. The van der Waals surface area contributed by atoms with Crippen molar-refractivity contribution in [1.29, 1.82) is 0 Å². The summed E-state index contributed by atoms with van der Waals surface area (Å²) in [6.07, 6.45) is 10.00. The highest BCUT2D eigenvalue weighted by Crippen LogP contribution is 2.62. The van der Waals surface area contributed by atoms with Crippen LogP contribution in [-0.4, -0.2) is 97.0 Å². The molecule has 7 atom stereocenters.